The van der Waals surface area contributed by atoms with E-state index in [2.05, 4.69) is 13.8 Å². The van der Waals surface area contributed by atoms with E-state index in [0.717, 1.165) is 0 Å². The van der Waals surface area contributed by atoms with Gasteiger partial charge in [-0.25, -0.2) is 0 Å². The van der Waals surface area contributed by atoms with Gasteiger partial charge in [0, 0.05) is 0 Å². The number of rotatable bonds is 57. The first-order valence-corrected chi connectivity index (χ1v) is 32.1. The van der Waals surface area contributed by atoms with Crippen molar-refractivity contribution >= 4 is 16.5 Å². The lowest BCUT2D eigenvalue weighted by Crippen LogP contribution is -1.85. The molecule has 0 N–H and O–H groups in total. The van der Waals surface area contributed by atoms with Gasteiger partial charge in [0.1, 0.15) is 0 Å². The lowest BCUT2D eigenvalue weighted by atomic mass is 10.0. The Morgan fingerprint density at radius 1 is 0.133 bits per heavy atom. The fraction of sp³-hybridized carbons (Fsp3) is 1.00. The predicted molar refractivity (Wildman–Crippen MR) is 284 cm³/mol. The van der Waals surface area contributed by atoms with E-state index in [1.807, 2.05) is 0 Å². The van der Waals surface area contributed by atoms with Crippen LogP contribution in [0.4, 0.5) is 0 Å². The SMILES string of the molecule is CCCCCCCCCCCCCCCCCCCCCCCCCCCCC[P][P]CCCCCCCCCCCCCCCCCCCCCCCCCCCCC. The van der Waals surface area contributed by atoms with Gasteiger partial charge in [-0.2, -0.15) is 0 Å². The molecule has 0 heterocycles. The van der Waals surface area contributed by atoms with Gasteiger partial charge in [-0.15, -0.1) is 0 Å². The summed E-state index contributed by atoms with van der Waals surface area (Å²) < 4.78 is 0. The van der Waals surface area contributed by atoms with Crippen LogP contribution in [0.1, 0.15) is 361 Å². The van der Waals surface area contributed by atoms with Crippen LogP contribution >= 0.6 is 16.5 Å². The van der Waals surface area contributed by atoms with Crippen LogP contribution in [0.25, 0.3) is 0 Å². The fourth-order valence-electron chi connectivity index (χ4n) is 9.49. The summed E-state index contributed by atoms with van der Waals surface area (Å²) in [5.74, 6) is 0. The highest BCUT2D eigenvalue weighted by molar-refractivity contribution is 8.11. The van der Waals surface area contributed by atoms with Gasteiger partial charge in [-0.3, -0.25) is 0 Å². The van der Waals surface area contributed by atoms with E-state index < -0.39 is 0 Å². The van der Waals surface area contributed by atoms with Crippen molar-refractivity contribution in [3.05, 3.63) is 0 Å². The third-order valence-corrected chi connectivity index (χ3v) is 16.9. The Labute approximate surface area is 387 Å². The minimum absolute atomic E-state index is 1.37. The fourth-order valence-corrected chi connectivity index (χ4v) is 12.2. The quantitative estimate of drug-likeness (QED) is 0.0422. The molecule has 360 valence electrons. The van der Waals surface area contributed by atoms with Gasteiger partial charge >= 0.3 is 0 Å². The van der Waals surface area contributed by atoms with Gasteiger partial charge < -0.3 is 0 Å². The zero-order valence-electron chi connectivity index (χ0n) is 42.5. The molecule has 0 unspecified atom stereocenters. The van der Waals surface area contributed by atoms with E-state index in [4.69, 9.17) is 0 Å². The molecule has 0 aromatic heterocycles. The van der Waals surface area contributed by atoms with Gasteiger partial charge in [-0.1, -0.05) is 348 Å². The van der Waals surface area contributed by atoms with E-state index in [-0.39, 0.29) is 0 Å². The van der Waals surface area contributed by atoms with Crippen molar-refractivity contribution in [3.8, 4) is 0 Å². The molecule has 0 fully saturated rings. The normalized spacial score (nSPS) is 12.1. The first-order valence-electron chi connectivity index (χ1n) is 29.2. The van der Waals surface area contributed by atoms with Gasteiger partial charge in [0.05, 0.1) is 0 Å². The van der Waals surface area contributed by atoms with Gasteiger partial charge in [0.15, 0.2) is 0 Å². The van der Waals surface area contributed by atoms with Crippen molar-refractivity contribution in [1.82, 2.24) is 0 Å². The van der Waals surface area contributed by atoms with Crippen LogP contribution in [-0.4, -0.2) is 12.3 Å². The van der Waals surface area contributed by atoms with Crippen LogP contribution in [-0.2, 0) is 0 Å². The minimum atomic E-state index is 1.37. The molecule has 0 aromatic carbocycles. The second kappa shape index (κ2) is 59.9. The molecular weight excluding hydrogens is 759 g/mol. The Bertz CT molecular complexity index is 634. The van der Waals surface area contributed by atoms with E-state index in [1.165, 1.54) is 359 Å². The summed E-state index contributed by atoms with van der Waals surface area (Å²) in [6.45, 7) is 4.63. The van der Waals surface area contributed by atoms with Crippen LogP contribution in [0.15, 0.2) is 0 Å². The average Bonchev–Trinajstić information content (AvgIpc) is 3.26. The molecule has 0 saturated heterocycles. The molecule has 0 rings (SSSR count). The second-order valence-electron chi connectivity index (χ2n) is 20.1. The van der Waals surface area contributed by atoms with Crippen LogP contribution in [0.5, 0.6) is 0 Å². The molecule has 2 radical (unpaired) electrons. The Morgan fingerprint density at radius 2 is 0.233 bits per heavy atom. The van der Waals surface area contributed by atoms with Crippen molar-refractivity contribution in [3.63, 3.8) is 0 Å². The summed E-state index contributed by atoms with van der Waals surface area (Å²) >= 11 is 0. The lowest BCUT2D eigenvalue weighted by Gasteiger charge is -2.05. The van der Waals surface area contributed by atoms with Crippen molar-refractivity contribution in [2.45, 2.75) is 361 Å². The summed E-state index contributed by atoms with van der Waals surface area (Å²) in [5, 5.41) is 0. The molecule has 0 amide bonds. The molecule has 0 spiro atoms. The van der Waals surface area contributed by atoms with Gasteiger partial charge in [0.2, 0.25) is 0 Å². The summed E-state index contributed by atoms with van der Waals surface area (Å²) in [7, 11) is 3.44. The van der Waals surface area contributed by atoms with Crippen molar-refractivity contribution in [1.29, 1.82) is 0 Å². The zero-order valence-corrected chi connectivity index (χ0v) is 44.3. The van der Waals surface area contributed by atoms with Crippen molar-refractivity contribution in [2.24, 2.45) is 0 Å². The smallest absolute Gasteiger partial charge is 0.0242 e. The molecule has 2 heteroatoms. The number of hydrogen-bond donors (Lipinski definition) is 0. The third kappa shape index (κ3) is 58.9. The first kappa shape index (κ1) is 60.9. The Kier molecular flexibility index (Phi) is 60.7. The Hall–Kier alpha value is 0.860. The topological polar surface area (TPSA) is 0 Å². The van der Waals surface area contributed by atoms with Crippen LogP contribution in [0.2, 0.25) is 0 Å². The molecule has 0 bridgehead atoms. The Balaban J connectivity index is 3.06. The van der Waals surface area contributed by atoms with Crippen LogP contribution < -0.4 is 0 Å². The molecule has 0 aromatic rings. The van der Waals surface area contributed by atoms with E-state index in [9.17, 15) is 0 Å². The highest BCUT2D eigenvalue weighted by Gasteiger charge is 2.00. The lowest BCUT2D eigenvalue weighted by molar-refractivity contribution is 0.515. The summed E-state index contributed by atoms with van der Waals surface area (Å²) in [4.78, 5) is 0. The monoisotopic (exact) mass is 877 g/mol. The maximum Gasteiger partial charge on any atom is -0.0242 e. The molecule has 0 aliphatic heterocycles. The Morgan fingerprint density at radius 3 is 0.350 bits per heavy atom. The van der Waals surface area contributed by atoms with Crippen molar-refractivity contribution in [2.75, 3.05) is 12.3 Å². The van der Waals surface area contributed by atoms with E-state index in [1.54, 1.807) is 16.5 Å². The molecule has 0 aliphatic carbocycles. The summed E-state index contributed by atoms with van der Waals surface area (Å²) in [6.07, 6.45) is 83.2. The zero-order chi connectivity index (χ0) is 43.0. The largest absolute Gasteiger partial charge is 0.0654 e. The maximum absolute atomic E-state index is 2.31. The maximum atomic E-state index is 2.31. The third-order valence-electron chi connectivity index (χ3n) is 13.8. The first-order chi connectivity index (χ1) is 29.9. The van der Waals surface area contributed by atoms with Gasteiger partial charge in [0.25, 0.3) is 0 Å². The number of hydrogen-bond acceptors (Lipinski definition) is 0. The molecule has 0 aliphatic rings. The average molecular weight is 878 g/mol. The predicted octanol–water partition coefficient (Wildman–Crippen LogP) is 23.9. The number of unbranched alkanes of at least 4 members (excludes halogenated alkanes) is 52. The highest BCUT2D eigenvalue weighted by Crippen LogP contribution is 2.38. The highest BCUT2D eigenvalue weighted by atomic mass is 32.0. The summed E-state index contributed by atoms with van der Waals surface area (Å²) in [6, 6.07) is 0. The van der Waals surface area contributed by atoms with Crippen LogP contribution in [0, 0.1) is 0 Å². The molecule has 0 nitrogen and oxygen atoms in total. The molecule has 0 atom stereocenters. The van der Waals surface area contributed by atoms with Crippen molar-refractivity contribution < 1.29 is 0 Å². The molecule has 0 saturated carbocycles. The van der Waals surface area contributed by atoms with E-state index in [0.29, 0.717) is 0 Å². The van der Waals surface area contributed by atoms with Crippen LogP contribution in [0.3, 0.4) is 0 Å². The molecule has 60 heavy (non-hydrogen) atoms. The summed E-state index contributed by atoms with van der Waals surface area (Å²) in [5.41, 5.74) is 0. The molecular formula is C58H118P2. The van der Waals surface area contributed by atoms with Gasteiger partial charge in [-0.05, 0) is 41.7 Å². The standard InChI is InChI=1S/C58H118P2/c1-3-5-7-9-11-13-15-17-19-21-23-25-27-29-31-33-35-37-39-41-43-45-47-49-51-53-55-57-59-60-58-56-54-52-50-48-46-44-42-40-38-36-34-32-30-28-26-24-22-20-18-16-14-12-10-8-6-4-2/h3-58H2,1-2H3. The second-order valence-corrected chi connectivity index (χ2v) is 23.3. The van der Waals surface area contributed by atoms with E-state index >= 15 is 0 Å². The minimum Gasteiger partial charge on any atom is -0.0654 e.